The summed E-state index contributed by atoms with van der Waals surface area (Å²) in [5.41, 5.74) is 4.88. The van der Waals surface area contributed by atoms with Gasteiger partial charge in [0.25, 0.3) is 0 Å². The fraction of sp³-hybridized carbons (Fsp3) is 0.200. The Kier molecular flexibility index (Phi) is 3.55. The third-order valence-electron chi connectivity index (χ3n) is 4.55. The number of nitrogens with zero attached hydrogens (tertiary/aromatic N) is 3. The number of para-hydroxylation sites is 1. The van der Waals surface area contributed by atoms with Crippen LogP contribution in [0.3, 0.4) is 0 Å². The number of hydrogen-bond donors (Lipinski definition) is 0. The van der Waals surface area contributed by atoms with E-state index in [1.54, 1.807) is 13.3 Å². The molecule has 0 saturated heterocycles. The van der Waals surface area contributed by atoms with Crippen molar-refractivity contribution in [3.63, 3.8) is 0 Å². The molecule has 4 rings (SSSR count). The minimum absolute atomic E-state index is 0.590. The lowest BCUT2D eigenvalue weighted by atomic mass is 9.99. The number of pyridine rings is 1. The van der Waals surface area contributed by atoms with Gasteiger partial charge in [0, 0.05) is 23.8 Å². The zero-order chi connectivity index (χ0) is 16.5. The summed E-state index contributed by atoms with van der Waals surface area (Å²) in [5, 5.41) is 10.6. The van der Waals surface area contributed by atoms with Crippen LogP contribution in [0.15, 0.2) is 48.7 Å². The highest BCUT2D eigenvalue weighted by Crippen LogP contribution is 2.39. The fourth-order valence-corrected chi connectivity index (χ4v) is 3.42. The Hall–Kier alpha value is -3.06. The monoisotopic (exact) mass is 315 g/mol. The molecule has 118 valence electrons. The van der Waals surface area contributed by atoms with Crippen molar-refractivity contribution in [2.45, 2.75) is 12.8 Å². The van der Waals surface area contributed by atoms with Gasteiger partial charge in [0.05, 0.1) is 23.9 Å². The zero-order valence-corrected chi connectivity index (χ0v) is 13.5. The number of benzene rings is 2. The van der Waals surface area contributed by atoms with Gasteiger partial charge >= 0.3 is 0 Å². The summed E-state index contributed by atoms with van der Waals surface area (Å²) in [6, 6.07) is 16.5. The van der Waals surface area contributed by atoms with Crippen LogP contribution in [0.2, 0.25) is 0 Å². The molecular weight excluding hydrogens is 298 g/mol. The highest BCUT2D eigenvalue weighted by Gasteiger charge is 2.22. The average Bonchev–Trinajstić information content (AvgIpc) is 2.66. The van der Waals surface area contributed by atoms with Gasteiger partial charge in [-0.1, -0.05) is 18.2 Å². The van der Waals surface area contributed by atoms with E-state index in [2.05, 4.69) is 34.2 Å². The highest BCUT2D eigenvalue weighted by atomic mass is 16.5. The number of aromatic nitrogens is 1. The van der Waals surface area contributed by atoms with Crippen molar-refractivity contribution in [3.05, 3.63) is 59.8 Å². The van der Waals surface area contributed by atoms with Crippen molar-refractivity contribution in [1.29, 1.82) is 5.26 Å². The first-order valence-corrected chi connectivity index (χ1v) is 8.04. The molecule has 0 aliphatic carbocycles. The molecule has 24 heavy (non-hydrogen) atoms. The molecule has 2 aromatic carbocycles. The first kappa shape index (κ1) is 14.5. The van der Waals surface area contributed by atoms with Crippen molar-refractivity contribution >= 4 is 22.3 Å². The van der Waals surface area contributed by atoms with Crippen LogP contribution in [0.1, 0.15) is 17.5 Å². The molecule has 1 aromatic heterocycles. The Balaban J connectivity index is 2.01. The largest absolute Gasteiger partial charge is 0.497 e. The molecule has 2 heterocycles. The summed E-state index contributed by atoms with van der Waals surface area (Å²) in [5.74, 6) is 0.769. The molecule has 0 fully saturated rings. The Bertz CT molecular complexity index is 959. The van der Waals surface area contributed by atoms with Crippen molar-refractivity contribution in [3.8, 4) is 11.8 Å². The van der Waals surface area contributed by atoms with Crippen molar-refractivity contribution in [2.75, 3.05) is 18.6 Å². The Morgan fingerprint density at radius 2 is 2.08 bits per heavy atom. The van der Waals surface area contributed by atoms with E-state index in [1.807, 2.05) is 24.3 Å². The Labute approximate surface area is 140 Å². The smallest absolute Gasteiger partial charge is 0.119 e. The summed E-state index contributed by atoms with van der Waals surface area (Å²) < 4.78 is 5.38. The lowest BCUT2D eigenvalue weighted by Gasteiger charge is -2.32. The third kappa shape index (κ3) is 2.26. The van der Waals surface area contributed by atoms with Gasteiger partial charge in [0.1, 0.15) is 11.8 Å². The maximum Gasteiger partial charge on any atom is 0.119 e. The molecule has 1 aliphatic rings. The molecule has 0 unspecified atom stereocenters. The Morgan fingerprint density at radius 3 is 2.92 bits per heavy atom. The van der Waals surface area contributed by atoms with E-state index in [4.69, 9.17) is 4.74 Å². The second-order valence-electron chi connectivity index (χ2n) is 5.90. The molecule has 1 aliphatic heterocycles. The number of ether oxygens (including phenoxy) is 1. The lowest BCUT2D eigenvalue weighted by molar-refractivity contribution is 0.415. The SMILES string of the molecule is COc1ccc2ncc(C#N)c(N3CCCc4ccccc43)c2c1. The molecule has 0 saturated carbocycles. The predicted molar refractivity (Wildman–Crippen MR) is 94.8 cm³/mol. The number of nitriles is 1. The molecule has 0 radical (unpaired) electrons. The number of rotatable bonds is 2. The van der Waals surface area contributed by atoms with E-state index in [1.165, 1.54) is 11.3 Å². The number of methoxy groups -OCH3 is 1. The number of fused-ring (bicyclic) bond motifs is 2. The second-order valence-corrected chi connectivity index (χ2v) is 5.90. The standard InChI is InChI=1S/C20H17N3O/c1-24-16-8-9-18-17(11-16)20(15(12-21)13-22-18)23-10-4-6-14-5-2-3-7-19(14)23/h2-3,5,7-9,11,13H,4,6,10H2,1H3. The van der Waals surface area contributed by atoms with Crippen LogP contribution in [-0.2, 0) is 6.42 Å². The fourth-order valence-electron chi connectivity index (χ4n) is 3.42. The maximum absolute atomic E-state index is 9.64. The van der Waals surface area contributed by atoms with Gasteiger partial charge in [-0.25, -0.2) is 0 Å². The van der Waals surface area contributed by atoms with Gasteiger partial charge in [-0.3, -0.25) is 4.98 Å². The summed E-state index contributed by atoms with van der Waals surface area (Å²) in [7, 11) is 1.65. The molecular formula is C20H17N3O. The van der Waals surface area contributed by atoms with Crippen LogP contribution in [0.5, 0.6) is 5.75 Å². The quantitative estimate of drug-likeness (QED) is 0.711. The third-order valence-corrected chi connectivity index (χ3v) is 4.55. The lowest BCUT2D eigenvalue weighted by Crippen LogP contribution is -2.25. The van der Waals surface area contributed by atoms with Crippen molar-refractivity contribution in [2.24, 2.45) is 0 Å². The minimum Gasteiger partial charge on any atom is -0.497 e. The maximum atomic E-state index is 9.64. The summed E-state index contributed by atoms with van der Waals surface area (Å²) in [6.45, 7) is 0.891. The number of anilines is 2. The predicted octanol–water partition coefficient (Wildman–Crippen LogP) is 4.20. The summed E-state index contributed by atoms with van der Waals surface area (Å²) >= 11 is 0. The van der Waals surface area contributed by atoms with Crippen LogP contribution in [-0.4, -0.2) is 18.6 Å². The number of aryl methyl sites for hydroxylation is 1. The van der Waals surface area contributed by atoms with Gasteiger partial charge in [0.15, 0.2) is 0 Å². The van der Waals surface area contributed by atoms with Gasteiger partial charge in [-0.2, -0.15) is 5.26 Å². The van der Waals surface area contributed by atoms with Crippen molar-refractivity contribution < 1.29 is 4.74 Å². The van der Waals surface area contributed by atoms with E-state index in [0.717, 1.165) is 41.7 Å². The average molecular weight is 315 g/mol. The molecule has 4 nitrogen and oxygen atoms in total. The van der Waals surface area contributed by atoms with Crippen LogP contribution in [0.25, 0.3) is 10.9 Å². The molecule has 0 N–H and O–H groups in total. The van der Waals surface area contributed by atoms with Crippen LogP contribution in [0, 0.1) is 11.3 Å². The minimum atomic E-state index is 0.590. The van der Waals surface area contributed by atoms with Gasteiger partial charge < -0.3 is 9.64 Å². The first-order chi connectivity index (χ1) is 11.8. The normalized spacial score (nSPS) is 13.4. The zero-order valence-electron chi connectivity index (χ0n) is 13.5. The molecule has 4 heteroatoms. The van der Waals surface area contributed by atoms with Gasteiger partial charge in [-0.05, 0) is 42.7 Å². The molecule has 3 aromatic rings. The molecule has 0 atom stereocenters. The summed E-state index contributed by atoms with van der Waals surface area (Å²) in [4.78, 5) is 6.68. The molecule has 0 spiro atoms. The first-order valence-electron chi connectivity index (χ1n) is 8.04. The Morgan fingerprint density at radius 1 is 1.21 bits per heavy atom. The summed E-state index contributed by atoms with van der Waals surface area (Å²) in [6.07, 6.45) is 3.80. The highest BCUT2D eigenvalue weighted by molar-refractivity contribution is 5.97. The van der Waals surface area contributed by atoms with Gasteiger partial charge in [0.2, 0.25) is 0 Å². The van der Waals surface area contributed by atoms with Gasteiger partial charge in [-0.15, -0.1) is 0 Å². The van der Waals surface area contributed by atoms with E-state index < -0.39 is 0 Å². The number of hydrogen-bond acceptors (Lipinski definition) is 4. The van der Waals surface area contributed by atoms with Crippen LogP contribution < -0.4 is 9.64 Å². The molecule has 0 bridgehead atoms. The van der Waals surface area contributed by atoms with E-state index >= 15 is 0 Å². The second kappa shape index (κ2) is 5.86. The van der Waals surface area contributed by atoms with Crippen LogP contribution >= 0.6 is 0 Å². The van der Waals surface area contributed by atoms with E-state index in [9.17, 15) is 5.26 Å². The topological polar surface area (TPSA) is 49.1 Å². The van der Waals surface area contributed by atoms with E-state index in [0.29, 0.717) is 5.56 Å². The van der Waals surface area contributed by atoms with Crippen molar-refractivity contribution in [1.82, 2.24) is 4.98 Å². The van der Waals surface area contributed by atoms with E-state index in [-0.39, 0.29) is 0 Å². The van der Waals surface area contributed by atoms with Crippen LogP contribution in [0.4, 0.5) is 11.4 Å². The molecule has 0 amide bonds.